The van der Waals surface area contributed by atoms with Crippen LogP contribution in [0.2, 0.25) is 5.02 Å². The van der Waals surface area contributed by atoms with Crippen LogP contribution in [-0.4, -0.2) is 33.9 Å². The molecule has 1 aliphatic rings. The number of nitrogens with one attached hydrogen (secondary N) is 1. The maximum atomic E-state index is 13.8. The van der Waals surface area contributed by atoms with Crippen LogP contribution in [0.5, 0.6) is 0 Å². The number of nitrogens with zero attached hydrogens (tertiary/aromatic N) is 3. The maximum absolute atomic E-state index is 13.8. The molecule has 0 radical (unpaired) electrons. The lowest BCUT2D eigenvalue weighted by atomic mass is 9.99. The molecule has 1 aliphatic heterocycles. The lowest BCUT2D eigenvalue weighted by Crippen LogP contribution is -2.42. The molecule has 6 rings (SSSR count). The van der Waals surface area contributed by atoms with Gasteiger partial charge in [-0.3, -0.25) is 14.5 Å². The fourth-order valence-corrected chi connectivity index (χ4v) is 6.31. The number of fused-ring (bicyclic) bond motifs is 1. The lowest BCUT2D eigenvalue weighted by Gasteiger charge is -2.23. The third kappa shape index (κ3) is 5.66. The number of carbonyl (C=O) groups excluding carboxylic acids is 2. The molecule has 7 nitrogen and oxygen atoms in total. The van der Waals surface area contributed by atoms with Crippen LogP contribution in [0.25, 0.3) is 16.9 Å². The number of halogens is 1. The third-order valence-electron chi connectivity index (χ3n) is 6.91. The molecule has 1 N–H and O–H groups in total. The molecule has 3 heterocycles. The SMILES string of the molecule is Cc1ccc(-n2nc(-c3ccccc3)c3c2N(CC(=O)NCc2ccco2)C(=O)CS[C@H]3c2cccc(Cl)c2)cc1. The number of aromatic nitrogens is 2. The number of furan rings is 1. The van der Waals surface area contributed by atoms with Crippen LogP contribution >= 0.6 is 23.4 Å². The number of hydrogen-bond donors (Lipinski definition) is 1. The number of amides is 2. The van der Waals surface area contributed by atoms with Gasteiger partial charge in [0.15, 0.2) is 0 Å². The Bertz CT molecular complexity index is 1680. The van der Waals surface area contributed by atoms with Gasteiger partial charge in [0.25, 0.3) is 0 Å². The molecule has 9 heteroatoms. The number of thioether (sulfide) groups is 1. The number of aryl methyl sites for hydroxylation is 1. The number of rotatable bonds is 7. The van der Waals surface area contributed by atoms with Crippen molar-refractivity contribution in [3.63, 3.8) is 0 Å². The Morgan fingerprint density at radius 2 is 1.85 bits per heavy atom. The quantitative estimate of drug-likeness (QED) is 0.234. The van der Waals surface area contributed by atoms with Gasteiger partial charge in [-0.15, -0.1) is 11.8 Å². The summed E-state index contributed by atoms with van der Waals surface area (Å²) in [6.07, 6.45) is 1.56. The van der Waals surface area contributed by atoms with Crippen molar-refractivity contribution in [1.29, 1.82) is 0 Å². The van der Waals surface area contributed by atoms with Crippen LogP contribution in [0.15, 0.2) is 102 Å². The summed E-state index contributed by atoms with van der Waals surface area (Å²) >= 11 is 7.95. The summed E-state index contributed by atoms with van der Waals surface area (Å²) in [6.45, 7) is 2.09. The summed E-state index contributed by atoms with van der Waals surface area (Å²) in [5.74, 6) is 0.903. The zero-order valence-corrected chi connectivity index (χ0v) is 23.9. The van der Waals surface area contributed by atoms with E-state index >= 15 is 0 Å². The molecule has 2 aromatic heterocycles. The zero-order chi connectivity index (χ0) is 28.3. The fourth-order valence-electron chi connectivity index (χ4n) is 4.93. The van der Waals surface area contributed by atoms with E-state index in [9.17, 15) is 9.59 Å². The molecule has 206 valence electrons. The summed E-state index contributed by atoms with van der Waals surface area (Å²) in [5, 5.41) is 8.35. The van der Waals surface area contributed by atoms with Crippen molar-refractivity contribution in [1.82, 2.24) is 15.1 Å². The molecule has 3 aromatic carbocycles. The van der Waals surface area contributed by atoms with Crippen LogP contribution in [-0.2, 0) is 16.1 Å². The topological polar surface area (TPSA) is 80.4 Å². The van der Waals surface area contributed by atoms with Gasteiger partial charge < -0.3 is 9.73 Å². The highest BCUT2D eigenvalue weighted by Crippen LogP contribution is 2.48. The van der Waals surface area contributed by atoms with Gasteiger partial charge in [-0.05, 0) is 48.9 Å². The minimum atomic E-state index is -0.301. The van der Waals surface area contributed by atoms with E-state index in [0.717, 1.165) is 33.6 Å². The van der Waals surface area contributed by atoms with Crippen LogP contribution in [0.3, 0.4) is 0 Å². The maximum Gasteiger partial charge on any atom is 0.240 e. The first kappa shape index (κ1) is 26.9. The van der Waals surface area contributed by atoms with E-state index in [1.807, 2.05) is 85.8 Å². The van der Waals surface area contributed by atoms with Gasteiger partial charge in [-0.25, -0.2) is 4.68 Å². The predicted octanol–water partition coefficient (Wildman–Crippen LogP) is 6.58. The highest BCUT2D eigenvalue weighted by Gasteiger charge is 2.37. The van der Waals surface area contributed by atoms with E-state index in [2.05, 4.69) is 5.32 Å². The van der Waals surface area contributed by atoms with Crippen LogP contribution in [0.4, 0.5) is 5.82 Å². The second-order valence-electron chi connectivity index (χ2n) is 9.78. The highest BCUT2D eigenvalue weighted by molar-refractivity contribution is 8.00. The van der Waals surface area contributed by atoms with Crippen molar-refractivity contribution in [3.8, 4) is 16.9 Å². The van der Waals surface area contributed by atoms with Crippen molar-refractivity contribution in [2.24, 2.45) is 0 Å². The van der Waals surface area contributed by atoms with Gasteiger partial charge in [0.05, 0.1) is 35.2 Å². The predicted molar refractivity (Wildman–Crippen MR) is 162 cm³/mol. The molecule has 0 saturated heterocycles. The number of carbonyl (C=O) groups is 2. The molecule has 5 aromatic rings. The fraction of sp³-hybridized carbons (Fsp3) is 0.156. The number of anilines is 1. The Hall–Kier alpha value is -4.27. The first-order chi connectivity index (χ1) is 20.0. The van der Waals surface area contributed by atoms with E-state index < -0.39 is 0 Å². The monoisotopic (exact) mass is 582 g/mol. The molecule has 1 atom stereocenters. The first-order valence-electron chi connectivity index (χ1n) is 13.2. The Kier molecular flexibility index (Phi) is 7.67. The minimum Gasteiger partial charge on any atom is -0.467 e. The average Bonchev–Trinajstić information content (AvgIpc) is 3.62. The second kappa shape index (κ2) is 11.7. The van der Waals surface area contributed by atoms with Crippen molar-refractivity contribution in [2.75, 3.05) is 17.2 Å². The molecular weight excluding hydrogens is 556 g/mol. The summed E-state index contributed by atoms with van der Waals surface area (Å²) < 4.78 is 7.15. The van der Waals surface area contributed by atoms with E-state index in [-0.39, 0.29) is 35.9 Å². The first-order valence-corrected chi connectivity index (χ1v) is 14.6. The average molecular weight is 583 g/mol. The Balaban J connectivity index is 1.53. The van der Waals surface area contributed by atoms with Crippen molar-refractivity contribution in [3.05, 3.63) is 125 Å². The molecule has 0 aliphatic carbocycles. The largest absolute Gasteiger partial charge is 0.467 e. The summed E-state index contributed by atoms with van der Waals surface area (Å²) in [6, 6.07) is 29.1. The molecule has 0 saturated carbocycles. The molecule has 0 fully saturated rings. The third-order valence-corrected chi connectivity index (χ3v) is 8.40. The number of hydrogen-bond acceptors (Lipinski definition) is 5. The normalized spacial score (nSPS) is 14.9. The lowest BCUT2D eigenvalue weighted by molar-refractivity contribution is -0.123. The molecular formula is C32H27ClN4O3S. The highest BCUT2D eigenvalue weighted by atomic mass is 35.5. The van der Waals surface area contributed by atoms with E-state index in [1.54, 1.807) is 28.0 Å². The van der Waals surface area contributed by atoms with Crippen LogP contribution in [0, 0.1) is 6.92 Å². The molecule has 0 unspecified atom stereocenters. The minimum absolute atomic E-state index is 0.166. The molecule has 2 amide bonds. The zero-order valence-electron chi connectivity index (χ0n) is 22.3. The van der Waals surface area contributed by atoms with Crippen LogP contribution in [0.1, 0.15) is 27.7 Å². The van der Waals surface area contributed by atoms with Gasteiger partial charge in [-0.2, -0.15) is 5.10 Å². The summed E-state index contributed by atoms with van der Waals surface area (Å²) in [4.78, 5) is 28.6. The van der Waals surface area contributed by atoms with Gasteiger partial charge in [0.2, 0.25) is 11.8 Å². The van der Waals surface area contributed by atoms with Gasteiger partial charge in [-0.1, -0.05) is 71.8 Å². The Morgan fingerprint density at radius 3 is 2.59 bits per heavy atom. The Morgan fingerprint density at radius 1 is 1.05 bits per heavy atom. The summed E-state index contributed by atoms with van der Waals surface area (Å²) in [7, 11) is 0. The van der Waals surface area contributed by atoms with Crippen molar-refractivity contribution in [2.45, 2.75) is 18.7 Å². The van der Waals surface area contributed by atoms with Crippen molar-refractivity contribution < 1.29 is 14.0 Å². The van der Waals surface area contributed by atoms with Crippen molar-refractivity contribution >= 4 is 41.0 Å². The standard InChI is InChI=1S/C32H27ClN4O3S/c1-21-12-14-25(15-13-21)37-32-29(30(35-37)22-7-3-2-4-8-22)31(23-9-5-10-24(33)17-23)41-20-28(39)36(32)19-27(38)34-18-26-11-6-16-40-26/h2-17,31H,18-20H2,1H3,(H,34,38)/t31-/m0/s1. The molecule has 0 bridgehead atoms. The number of benzene rings is 3. The summed E-state index contributed by atoms with van der Waals surface area (Å²) in [5.41, 5.74) is 5.37. The second-order valence-corrected chi connectivity index (χ2v) is 11.3. The van der Waals surface area contributed by atoms with E-state index in [4.69, 9.17) is 21.1 Å². The van der Waals surface area contributed by atoms with Gasteiger partial charge in [0.1, 0.15) is 18.1 Å². The van der Waals surface area contributed by atoms with Gasteiger partial charge in [0, 0.05) is 16.1 Å². The van der Waals surface area contributed by atoms with Gasteiger partial charge >= 0.3 is 0 Å². The van der Waals surface area contributed by atoms with E-state index in [1.165, 1.54) is 11.8 Å². The molecule has 0 spiro atoms. The smallest absolute Gasteiger partial charge is 0.240 e. The van der Waals surface area contributed by atoms with Crippen LogP contribution < -0.4 is 10.2 Å². The molecule has 41 heavy (non-hydrogen) atoms. The van der Waals surface area contributed by atoms with E-state index in [0.29, 0.717) is 16.6 Å². The Labute approximate surface area is 247 Å².